The minimum absolute atomic E-state index is 0.218. The van der Waals surface area contributed by atoms with E-state index < -0.39 is 5.60 Å². The molecule has 0 radical (unpaired) electrons. The molecule has 2 aromatic heterocycles. The van der Waals surface area contributed by atoms with Gasteiger partial charge in [-0.2, -0.15) is 0 Å². The second-order valence-corrected chi connectivity index (χ2v) is 6.81. The Hall–Kier alpha value is -2.31. The Morgan fingerprint density at radius 3 is 3.09 bits per heavy atom. The van der Waals surface area contributed by atoms with E-state index in [4.69, 9.17) is 4.74 Å². The third-order valence-electron chi connectivity index (χ3n) is 3.86. The topological polar surface area (TPSA) is 83.1 Å². The van der Waals surface area contributed by atoms with Gasteiger partial charge in [0.1, 0.15) is 23.4 Å². The lowest BCUT2D eigenvalue weighted by Crippen LogP contribution is -2.42. The molecule has 2 N–H and O–H groups in total. The van der Waals surface area contributed by atoms with Crippen molar-refractivity contribution in [1.82, 2.24) is 20.3 Å². The van der Waals surface area contributed by atoms with E-state index in [1.807, 2.05) is 33.0 Å². The van der Waals surface area contributed by atoms with Crippen LogP contribution in [0.2, 0.25) is 0 Å². The lowest BCUT2D eigenvalue weighted by molar-refractivity contribution is 0.0525. The number of rotatable bonds is 3. The Morgan fingerprint density at radius 2 is 2.30 bits per heavy atom. The number of alkyl carbamates (subject to hydrolysis) is 1. The average Bonchev–Trinajstić information content (AvgIpc) is 3.11. The molecule has 1 aliphatic rings. The van der Waals surface area contributed by atoms with Crippen molar-refractivity contribution in [2.75, 3.05) is 18.0 Å². The summed E-state index contributed by atoms with van der Waals surface area (Å²) in [4.78, 5) is 25.9. The van der Waals surface area contributed by atoms with Crippen LogP contribution in [0.4, 0.5) is 10.6 Å². The molecular formula is C16H23N5O2. The van der Waals surface area contributed by atoms with Crippen molar-refractivity contribution in [3.05, 3.63) is 18.6 Å². The van der Waals surface area contributed by atoms with Gasteiger partial charge in [-0.1, -0.05) is 0 Å². The standard InChI is InChI=1S/C16H23N5O2/c1-16(2,3)23-15(22)18-9-11-5-4-8-21(11)14-12-6-7-17-13(12)19-10-20-14/h6-7,10-11H,4-5,8-9H2,1-3H3,(H,18,22)(H,17,19,20)/t11-/m1/s1. The summed E-state index contributed by atoms with van der Waals surface area (Å²) in [5.74, 6) is 0.921. The number of ether oxygens (including phenoxy) is 1. The third kappa shape index (κ3) is 3.55. The van der Waals surface area contributed by atoms with Crippen LogP contribution in [0.5, 0.6) is 0 Å². The minimum Gasteiger partial charge on any atom is -0.444 e. The molecule has 1 fully saturated rings. The van der Waals surface area contributed by atoms with Gasteiger partial charge >= 0.3 is 6.09 Å². The molecule has 7 heteroatoms. The Bertz CT molecular complexity index is 691. The number of aromatic nitrogens is 3. The van der Waals surface area contributed by atoms with E-state index in [9.17, 15) is 4.79 Å². The minimum atomic E-state index is -0.483. The van der Waals surface area contributed by atoms with Gasteiger partial charge < -0.3 is 19.9 Å². The molecule has 7 nitrogen and oxygen atoms in total. The normalized spacial score (nSPS) is 18.4. The average molecular weight is 317 g/mol. The van der Waals surface area contributed by atoms with E-state index >= 15 is 0 Å². The highest BCUT2D eigenvalue weighted by Gasteiger charge is 2.28. The first-order chi connectivity index (χ1) is 10.9. The van der Waals surface area contributed by atoms with E-state index in [1.54, 1.807) is 6.33 Å². The van der Waals surface area contributed by atoms with E-state index in [0.29, 0.717) is 6.54 Å². The number of hydrogen-bond acceptors (Lipinski definition) is 5. The number of hydrogen-bond donors (Lipinski definition) is 2. The van der Waals surface area contributed by atoms with E-state index in [0.717, 1.165) is 36.2 Å². The van der Waals surface area contributed by atoms with Crippen LogP contribution in [0.15, 0.2) is 18.6 Å². The van der Waals surface area contributed by atoms with Crippen molar-refractivity contribution in [3.8, 4) is 0 Å². The molecular weight excluding hydrogens is 294 g/mol. The molecule has 1 aliphatic heterocycles. The summed E-state index contributed by atoms with van der Waals surface area (Å²) < 4.78 is 5.30. The summed E-state index contributed by atoms with van der Waals surface area (Å²) in [6.45, 7) is 7.05. The molecule has 0 saturated carbocycles. The smallest absolute Gasteiger partial charge is 0.407 e. The lowest BCUT2D eigenvalue weighted by atomic mass is 10.2. The predicted molar refractivity (Wildman–Crippen MR) is 88.5 cm³/mol. The van der Waals surface area contributed by atoms with Crippen molar-refractivity contribution in [3.63, 3.8) is 0 Å². The summed E-state index contributed by atoms with van der Waals surface area (Å²) in [6.07, 6.45) is 5.17. The molecule has 0 aromatic carbocycles. The first kappa shape index (κ1) is 15.6. The zero-order chi connectivity index (χ0) is 16.4. The van der Waals surface area contributed by atoms with Crippen molar-refractivity contribution in [2.45, 2.75) is 45.3 Å². The Labute approximate surface area is 135 Å². The van der Waals surface area contributed by atoms with Gasteiger partial charge in [-0.25, -0.2) is 14.8 Å². The SMILES string of the molecule is CC(C)(C)OC(=O)NC[C@H]1CCCN1c1ncnc2[nH]ccc12. The summed E-state index contributed by atoms with van der Waals surface area (Å²) in [6, 6.07) is 2.21. The van der Waals surface area contributed by atoms with Crippen LogP contribution < -0.4 is 10.2 Å². The van der Waals surface area contributed by atoms with E-state index in [2.05, 4.69) is 25.2 Å². The summed E-state index contributed by atoms with van der Waals surface area (Å²) >= 11 is 0. The number of nitrogens with one attached hydrogen (secondary N) is 2. The van der Waals surface area contributed by atoms with Crippen LogP contribution in [0.3, 0.4) is 0 Å². The fraction of sp³-hybridized carbons (Fsp3) is 0.562. The van der Waals surface area contributed by atoms with Crippen LogP contribution >= 0.6 is 0 Å². The van der Waals surface area contributed by atoms with Gasteiger partial charge in [0.15, 0.2) is 0 Å². The van der Waals surface area contributed by atoms with Crippen molar-refractivity contribution < 1.29 is 9.53 Å². The first-order valence-corrected chi connectivity index (χ1v) is 7.95. The number of aromatic amines is 1. The maximum atomic E-state index is 11.8. The van der Waals surface area contributed by atoms with E-state index in [-0.39, 0.29) is 12.1 Å². The monoisotopic (exact) mass is 317 g/mol. The number of H-pyrrole nitrogens is 1. The Balaban J connectivity index is 1.69. The second-order valence-electron chi connectivity index (χ2n) is 6.81. The number of nitrogens with zero attached hydrogens (tertiary/aromatic N) is 3. The quantitative estimate of drug-likeness (QED) is 0.908. The number of amides is 1. The molecule has 3 heterocycles. The van der Waals surface area contributed by atoms with Crippen molar-refractivity contribution in [2.24, 2.45) is 0 Å². The zero-order valence-electron chi connectivity index (χ0n) is 13.8. The maximum Gasteiger partial charge on any atom is 0.407 e. The lowest BCUT2D eigenvalue weighted by Gasteiger charge is -2.27. The van der Waals surface area contributed by atoms with Crippen LogP contribution in [0, 0.1) is 0 Å². The van der Waals surface area contributed by atoms with Crippen LogP contribution in [-0.2, 0) is 4.74 Å². The highest BCUT2D eigenvalue weighted by atomic mass is 16.6. The van der Waals surface area contributed by atoms with Crippen LogP contribution in [-0.4, -0.2) is 45.8 Å². The first-order valence-electron chi connectivity index (χ1n) is 7.95. The van der Waals surface area contributed by atoms with Gasteiger partial charge in [-0.3, -0.25) is 0 Å². The van der Waals surface area contributed by atoms with E-state index in [1.165, 1.54) is 0 Å². The number of fused-ring (bicyclic) bond motifs is 1. The van der Waals surface area contributed by atoms with Gasteiger partial charge in [0.2, 0.25) is 0 Å². The summed E-state index contributed by atoms with van der Waals surface area (Å²) in [5, 5.41) is 3.88. The Morgan fingerprint density at radius 1 is 1.48 bits per heavy atom. The highest BCUT2D eigenvalue weighted by molar-refractivity contribution is 5.87. The number of anilines is 1. The zero-order valence-corrected chi connectivity index (χ0v) is 13.8. The van der Waals surface area contributed by atoms with Gasteiger partial charge in [0, 0.05) is 25.3 Å². The molecule has 0 spiro atoms. The van der Waals surface area contributed by atoms with Crippen molar-refractivity contribution >= 4 is 22.9 Å². The molecule has 2 aromatic rings. The summed E-state index contributed by atoms with van der Waals surface area (Å²) in [7, 11) is 0. The number of carbonyl (C=O) groups excluding carboxylic acids is 1. The molecule has 1 amide bonds. The van der Waals surface area contributed by atoms with Gasteiger partial charge in [0.25, 0.3) is 0 Å². The van der Waals surface area contributed by atoms with Crippen LogP contribution in [0.25, 0.3) is 11.0 Å². The molecule has 1 saturated heterocycles. The number of carbonyl (C=O) groups is 1. The molecule has 1 atom stereocenters. The molecule has 0 aliphatic carbocycles. The molecule has 3 rings (SSSR count). The predicted octanol–water partition coefficient (Wildman–Crippen LogP) is 2.45. The molecule has 0 bridgehead atoms. The molecule has 0 unspecified atom stereocenters. The summed E-state index contributed by atoms with van der Waals surface area (Å²) in [5.41, 5.74) is 0.351. The largest absolute Gasteiger partial charge is 0.444 e. The maximum absolute atomic E-state index is 11.8. The van der Waals surface area contributed by atoms with Gasteiger partial charge in [-0.15, -0.1) is 0 Å². The molecule has 23 heavy (non-hydrogen) atoms. The fourth-order valence-corrected chi connectivity index (χ4v) is 2.93. The Kier molecular flexibility index (Phi) is 4.11. The third-order valence-corrected chi connectivity index (χ3v) is 3.86. The molecule has 124 valence electrons. The highest BCUT2D eigenvalue weighted by Crippen LogP contribution is 2.28. The second kappa shape index (κ2) is 6.06. The van der Waals surface area contributed by atoms with Gasteiger partial charge in [0.05, 0.1) is 5.39 Å². The van der Waals surface area contributed by atoms with Crippen LogP contribution in [0.1, 0.15) is 33.6 Å². The fourth-order valence-electron chi connectivity index (χ4n) is 2.93. The van der Waals surface area contributed by atoms with Crippen molar-refractivity contribution in [1.29, 1.82) is 0 Å². The van der Waals surface area contributed by atoms with Gasteiger partial charge in [-0.05, 0) is 39.7 Å².